The van der Waals surface area contributed by atoms with Gasteiger partial charge in [-0.15, -0.1) is 0 Å². The van der Waals surface area contributed by atoms with Gasteiger partial charge in [0.05, 0.1) is 6.54 Å². The van der Waals surface area contributed by atoms with E-state index in [1.807, 2.05) is 37.3 Å². The van der Waals surface area contributed by atoms with E-state index in [2.05, 4.69) is 0 Å². The molecular weight excluding hydrogens is 256 g/mol. The summed E-state index contributed by atoms with van der Waals surface area (Å²) in [6.45, 7) is 5.62. The van der Waals surface area contributed by atoms with E-state index >= 15 is 0 Å². The molecule has 0 fully saturated rings. The smallest absolute Gasteiger partial charge is 0.323 e. The topological polar surface area (TPSA) is 60.9 Å². The van der Waals surface area contributed by atoms with E-state index in [0.717, 1.165) is 5.69 Å². The summed E-state index contributed by atoms with van der Waals surface area (Å²) in [5, 5.41) is 9.24. The maximum Gasteiger partial charge on any atom is 0.323 e. The number of anilines is 1. The van der Waals surface area contributed by atoms with Gasteiger partial charge in [-0.3, -0.25) is 14.5 Å². The number of nitrogens with zero attached hydrogens (tertiary/aromatic N) is 2. The van der Waals surface area contributed by atoms with Crippen LogP contribution < -0.4 is 4.90 Å². The highest BCUT2D eigenvalue weighted by molar-refractivity contribution is 5.94. The van der Waals surface area contributed by atoms with Gasteiger partial charge < -0.3 is 10.0 Å². The van der Waals surface area contributed by atoms with Crippen molar-refractivity contribution >= 4 is 17.6 Å². The summed E-state index contributed by atoms with van der Waals surface area (Å²) >= 11 is 0. The van der Waals surface area contributed by atoms with Gasteiger partial charge in [0.25, 0.3) is 0 Å². The summed E-state index contributed by atoms with van der Waals surface area (Å²) in [4.78, 5) is 26.7. The van der Waals surface area contributed by atoms with E-state index in [0.29, 0.717) is 6.54 Å². The highest BCUT2D eigenvalue weighted by Gasteiger charge is 2.35. The summed E-state index contributed by atoms with van der Waals surface area (Å²) in [7, 11) is 1.69. The van der Waals surface area contributed by atoms with Gasteiger partial charge in [0.2, 0.25) is 5.91 Å². The zero-order valence-corrected chi connectivity index (χ0v) is 12.5. The standard InChI is InChI=1S/C15H22N2O3/c1-5-17(15(2,3)14(19)20)11-13(18)16(4)12-9-7-6-8-10-12/h6-10H,5,11H2,1-4H3,(H,19,20). The molecule has 0 heterocycles. The van der Waals surface area contributed by atoms with Crippen molar-refractivity contribution in [3.63, 3.8) is 0 Å². The van der Waals surface area contributed by atoms with Gasteiger partial charge in [-0.1, -0.05) is 25.1 Å². The lowest BCUT2D eigenvalue weighted by molar-refractivity contribution is -0.149. The molecule has 0 unspecified atom stereocenters. The summed E-state index contributed by atoms with van der Waals surface area (Å²) in [6, 6.07) is 9.29. The molecule has 0 spiro atoms. The highest BCUT2D eigenvalue weighted by atomic mass is 16.4. The van der Waals surface area contributed by atoms with Crippen molar-refractivity contribution in [3.05, 3.63) is 30.3 Å². The molecule has 0 atom stereocenters. The molecule has 5 nitrogen and oxygen atoms in total. The SMILES string of the molecule is CCN(CC(=O)N(C)c1ccccc1)C(C)(C)C(=O)O. The number of carboxylic acid groups (broad SMARTS) is 1. The first-order valence-corrected chi connectivity index (χ1v) is 6.60. The van der Waals surface area contributed by atoms with Crippen molar-refractivity contribution in [2.45, 2.75) is 26.3 Å². The predicted molar refractivity (Wildman–Crippen MR) is 78.8 cm³/mol. The fourth-order valence-corrected chi connectivity index (χ4v) is 1.90. The Morgan fingerprint density at radius 1 is 1.20 bits per heavy atom. The number of benzene rings is 1. The molecular formula is C15H22N2O3. The number of rotatable bonds is 6. The predicted octanol–water partition coefficient (Wildman–Crippen LogP) is 1.83. The normalized spacial score (nSPS) is 11.4. The van der Waals surface area contributed by atoms with Crippen LogP contribution in [0.2, 0.25) is 0 Å². The van der Waals surface area contributed by atoms with Crippen LogP contribution in [0.3, 0.4) is 0 Å². The first kappa shape index (κ1) is 16.2. The number of carbonyl (C=O) groups excluding carboxylic acids is 1. The first-order valence-electron chi connectivity index (χ1n) is 6.60. The van der Waals surface area contributed by atoms with Crippen molar-refractivity contribution in [3.8, 4) is 0 Å². The van der Waals surface area contributed by atoms with Gasteiger partial charge in [-0.05, 0) is 32.5 Å². The number of carbonyl (C=O) groups is 2. The Balaban J connectivity index is 2.81. The first-order chi connectivity index (χ1) is 9.30. The van der Waals surface area contributed by atoms with Crippen molar-refractivity contribution in [1.29, 1.82) is 0 Å². The van der Waals surface area contributed by atoms with Crippen LogP contribution in [-0.2, 0) is 9.59 Å². The van der Waals surface area contributed by atoms with Crippen LogP contribution in [0.1, 0.15) is 20.8 Å². The van der Waals surface area contributed by atoms with Crippen LogP contribution in [0.4, 0.5) is 5.69 Å². The van der Waals surface area contributed by atoms with Crippen molar-refractivity contribution in [1.82, 2.24) is 4.90 Å². The summed E-state index contributed by atoms with van der Waals surface area (Å²) in [5.41, 5.74) is -0.274. The molecule has 1 N–H and O–H groups in total. The minimum Gasteiger partial charge on any atom is -0.480 e. The Labute approximate surface area is 119 Å². The Morgan fingerprint density at radius 2 is 1.75 bits per heavy atom. The zero-order chi connectivity index (χ0) is 15.3. The average Bonchev–Trinajstić information content (AvgIpc) is 2.44. The fraction of sp³-hybridized carbons (Fsp3) is 0.467. The average molecular weight is 278 g/mol. The molecule has 1 aromatic rings. The summed E-state index contributed by atoms with van der Waals surface area (Å²) in [5.74, 6) is -1.07. The number of carboxylic acids is 1. The third kappa shape index (κ3) is 3.57. The van der Waals surface area contributed by atoms with E-state index in [1.54, 1.807) is 30.7 Å². The van der Waals surface area contributed by atoms with Gasteiger partial charge in [0, 0.05) is 12.7 Å². The molecule has 0 aromatic heterocycles. The number of hydrogen-bond acceptors (Lipinski definition) is 3. The number of amides is 1. The third-order valence-corrected chi connectivity index (χ3v) is 3.54. The second-order valence-corrected chi connectivity index (χ2v) is 5.17. The van der Waals surface area contributed by atoms with Crippen LogP contribution in [0.25, 0.3) is 0 Å². The lowest BCUT2D eigenvalue weighted by atomic mass is 10.0. The van der Waals surface area contributed by atoms with E-state index in [1.165, 1.54) is 0 Å². The molecule has 0 bridgehead atoms. The fourth-order valence-electron chi connectivity index (χ4n) is 1.90. The Morgan fingerprint density at radius 3 is 2.20 bits per heavy atom. The molecule has 1 amide bonds. The zero-order valence-electron chi connectivity index (χ0n) is 12.5. The molecule has 1 rings (SSSR count). The molecule has 0 aliphatic rings. The number of aliphatic carboxylic acids is 1. The molecule has 0 saturated heterocycles. The maximum absolute atomic E-state index is 12.3. The molecule has 0 saturated carbocycles. The number of likely N-dealkylation sites (N-methyl/N-ethyl adjacent to an activating group) is 2. The molecule has 110 valence electrons. The van der Waals surface area contributed by atoms with E-state index in [-0.39, 0.29) is 12.5 Å². The second kappa shape index (κ2) is 6.52. The van der Waals surface area contributed by atoms with Gasteiger partial charge in [-0.2, -0.15) is 0 Å². The van der Waals surface area contributed by atoms with E-state index in [4.69, 9.17) is 0 Å². The minimum absolute atomic E-state index is 0.0706. The Kier molecular flexibility index (Phi) is 5.27. The van der Waals surface area contributed by atoms with Gasteiger partial charge in [0.1, 0.15) is 5.54 Å². The Hall–Kier alpha value is -1.88. The van der Waals surface area contributed by atoms with Crippen LogP contribution in [0.15, 0.2) is 30.3 Å². The lowest BCUT2D eigenvalue weighted by Crippen LogP contribution is -2.53. The van der Waals surface area contributed by atoms with Gasteiger partial charge in [-0.25, -0.2) is 0 Å². The molecule has 0 aliphatic carbocycles. The van der Waals surface area contributed by atoms with Crippen LogP contribution in [-0.4, -0.2) is 47.6 Å². The summed E-state index contributed by atoms with van der Waals surface area (Å²) in [6.07, 6.45) is 0. The third-order valence-electron chi connectivity index (χ3n) is 3.54. The molecule has 5 heteroatoms. The van der Waals surface area contributed by atoms with Crippen LogP contribution in [0, 0.1) is 0 Å². The van der Waals surface area contributed by atoms with E-state index < -0.39 is 11.5 Å². The number of para-hydroxylation sites is 1. The van der Waals surface area contributed by atoms with Crippen molar-refractivity contribution in [2.75, 3.05) is 25.0 Å². The summed E-state index contributed by atoms with van der Waals surface area (Å²) < 4.78 is 0. The van der Waals surface area contributed by atoms with Crippen molar-refractivity contribution < 1.29 is 14.7 Å². The lowest BCUT2D eigenvalue weighted by Gasteiger charge is -2.34. The Bertz CT molecular complexity index is 471. The molecule has 0 aliphatic heterocycles. The molecule has 1 aromatic carbocycles. The number of hydrogen-bond donors (Lipinski definition) is 1. The quantitative estimate of drug-likeness (QED) is 0.862. The van der Waals surface area contributed by atoms with E-state index in [9.17, 15) is 14.7 Å². The molecule has 0 radical (unpaired) electrons. The highest BCUT2D eigenvalue weighted by Crippen LogP contribution is 2.16. The van der Waals surface area contributed by atoms with Crippen LogP contribution in [0.5, 0.6) is 0 Å². The van der Waals surface area contributed by atoms with Crippen molar-refractivity contribution in [2.24, 2.45) is 0 Å². The van der Waals surface area contributed by atoms with Gasteiger partial charge in [0.15, 0.2) is 0 Å². The monoisotopic (exact) mass is 278 g/mol. The minimum atomic E-state index is -1.07. The van der Waals surface area contributed by atoms with Crippen LogP contribution >= 0.6 is 0 Å². The maximum atomic E-state index is 12.3. The second-order valence-electron chi connectivity index (χ2n) is 5.17. The largest absolute Gasteiger partial charge is 0.480 e. The van der Waals surface area contributed by atoms with Gasteiger partial charge >= 0.3 is 5.97 Å². The molecule has 20 heavy (non-hydrogen) atoms.